The van der Waals surface area contributed by atoms with E-state index in [1.165, 1.54) is 0 Å². The Balaban J connectivity index is 2.82. The first-order valence-corrected chi connectivity index (χ1v) is 6.58. The fourth-order valence-corrected chi connectivity index (χ4v) is 1.58. The van der Waals surface area contributed by atoms with Crippen LogP contribution in [0.4, 0.5) is 18.0 Å². The van der Waals surface area contributed by atoms with E-state index in [0.717, 1.165) is 12.1 Å². The predicted octanol–water partition coefficient (Wildman–Crippen LogP) is 2.48. The molecule has 118 valence electrons. The Kier molecular flexibility index (Phi) is 6.02. The molecule has 0 bridgehead atoms. The van der Waals surface area contributed by atoms with Gasteiger partial charge in [0, 0.05) is 6.04 Å². The fraction of sp³-hybridized carbons (Fsp3) is 0.500. The molecular weight excluding hydrogens is 285 g/mol. The van der Waals surface area contributed by atoms with Crippen LogP contribution in [0.2, 0.25) is 0 Å². The Morgan fingerprint density at radius 3 is 2.10 bits per heavy atom. The summed E-state index contributed by atoms with van der Waals surface area (Å²) in [6.07, 6.45) is 0. The van der Waals surface area contributed by atoms with Crippen molar-refractivity contribution in [1.82, 2.24) is 10.6 Å². The summed E-state index contributed by atoms with van der Waals surface area (Å²) in [5.41, 5.74) is -0.0544. The van der Waals surface area contributed by atoms with Gasteiger partial charge in [-0.15, -0.1) is 0 Å². The van der Waals surface area contributed by atoms with E-state index >= 15 is 0 Å². The zero-order valence-corrected chi connectivity index (χ0v) is 12.1. The number of amides is 2. The molecule has 2 unspecified atom stereocenters. The van der Waals surface area contributed by atoms with Gasteiger partial charge in [0.2, 0.25) is 0 Å². The van der Waals surface area contributed by atoms with E-state index in [-0.39, 0.29) is 17.5 Å². The van der Waals surface area contributed by atoms with E-state index in [2.05, 4.69) is 10.6 Å². The lowest BCUT2D eigenvalue weighted by atomic mass is 10.1. The van der Waals surface area contributed by atoms with Crippen molar-refractivity contribution in [3.05, 3.63) is 35.1 Å². The van der Waals surface area contributed by atoms with Crippen LogP contribution >= 0.6 is 0 Å². The summed E-state index contributed by atoms with van der Waals surface area (Å²) in [6, 6.07) is -0.253. The van der Waals surface area contributed by atoms with Gasteiger partial charge in [-0.05, 0) is 30.5 Å². The molecule has 1 aromatic carbocycles. The zero-order chi connectivity index (χ0) is 16.2. The van der Waals surface area contributed by atoms with Crippen LogP contribution in [0.25, 0.3) is 0 Å². The largest absolute Gasteiger partial charge is 0.394 e. The number of nitrogens with one attached hydrogen (secondary N) is 2. The zero-order valence-electron chi connectivity index (χ0n) is 12.1. The minimum absolute atomic E-state index is 0.0544. The average molecular weight is 304 g/mol. The third kappa shape index (κ3) is 4.63. The number of halogens is 3. The van der Waals surface area contributed by atoms with Gasteiger partial charge in [-0.1, -0.05) is 13.8 Å². The molecule has 0 aliphatic carbocycles. The van der Waals surface area contributed by atoms with Crippen molar-refractivity contribution in [2.24, 2.45) is 5.92 Å². The maximum atomic E-state index is 13.2. The van der Waals surface area contributed by atoms with Gasteiger partial charge in [-0.2, -0.15) is 0 Å². The average Bonchev–Trinajstić information content (AvgIpc) is 2.41. The van der Waals surface area contributed by atoms with Crippen LogP contribution in [0.1, 0.15) is 32.4 Å². The standard InChI is InChI=1S/C14H19F3N2O2/c1-7(2)8(3)18-14(21)19-12(6-20)9-4-10(15)13(17)11(16)5-9/h4-5,7-8,12,20H,6H2,1-3H3,(H2,18,19,21). The first kappa shape index (κ1) is 17.3. The van der Waals surface area contributed by atoms with E-state index in [4.69, 9.17) is 0 Å². The Bertz CT molecular complexity index is 486. The highest BCUT2D eigenvalue weighted by Crippen LogP contribution is 2.19. The van der Waals surface area contributed by atoms with Crippen LogP contribution < -0.4 is 10.6 Å². The molecule has 21 heavy (non-hydrogen) atoms. The summed E-state index contributed by atoms with van der Waals surface area (Å²) >= 11 is 0. The molecule has 1 aromatic rings. The van der Waals surface area contributed by atoms with E-state index in [0.29, 0.717) is 0 Å². The van der Waals surface area contributed by atoms with Crippen LogP contribution in [-0.2, 0) is 0 Å². The summed E-state index contributed by atoms with van der Waals surface area (Å²) in [4.78, 5) is 11.7. The van der Waals surface area contributed by atoms with Gasteiger partial charge < -0.3 is 15.7 Å². The molecule has 1 rings (SSSR count). The molecule has 0 fully saturated rings. The highest BCUT2D eigenvalue weighted by molar-refractivity contribution is 5.74. The van der Waals surface area contributed by atoms with Crippen molar-refractivity contribution in [1.29, 1.82) is 0 Å². The summed E-state index contributed by atoms with van der Waals surface area (Å²) in [5, 5.41) is 14.3. The number of carbonyl (C=O) groups excluding carboxylic acids is 1. The molecule has 7 heteroatoms. The SMILES string of the molecule is CC(C)C(C)NC(=O)NC(CO)c1cc(F)c(F)c(F)c1. The second kappa shape index (κ2) is 7.31. The highest BCUT2D eigenvalue weighted by atomic mass is 19.2. The van der Waals surface area contributed by atoms with Crippen LogP contribution in [-0.4, -0.2) is 23.8 Å². The Morgan fingerprint density at radius 2 is 1.67 bits per heavy atom. The van der Waals surface area contributed by atoms with Crippen molar-refractivity contribution in [2.45, 2.75) is 32.9 Å². The summed E-state index contributed by atoms with van der Waals surface area (Å²) in [5.74, 6) is -4.14. The first-order valence-electron chi connectivity index (χ1n) is 6.58. The Morgan fingerprint density at radius 1 is 1.14 bits per heavy atom. The number of aliphatic hydroxyl groups is 1. The van der Waals surface area contributed by atoms with Crippen LogP contribution in [0.5, 0.6) is 0 Å². The minimum Gasteiger partial charge on any atom is -0.394 e. The molecule has 0 heterocycles. The molecule has 0 saturated heterocycles. The minimum atomic E-state index is -1.59. The molecule has 0 aromatic heterocycles. The molecule has 4 nitrogen and oxygen atoms in total. The van der Waals surface area contributed by atoms with Crippen molar-refractivity contribution in [3.63, 3.8) is 0 Å². The number of rotatable bonds is 5. The normalized spacial score (nSPS) is 13.9. The maximum Gasteiger partial charge on any atom is 0.315 e. The lowest BCUT2D eigenvalue weighted by molar-refractivity contribution is 0.212. The lowest BCUT2D eigenvalue weighted by Gasteiger charge is -2.21. The van der Waals surface area contributed by atoms with Crippen LogP contribution in [0, 0.1) is 23.4 Å². The first-order chi connectivity index (χ1) is 9.76. The smallest absolute Gasteiger partial charge is 0.315 e. The van der Waals surface area contributed by atoms with Crippen LogP contribution in [0.15, 0.2) is 12.1 Å². The number of hydrogen-bond acceptors (Lipinski definition) is 2. The molecule has 0 saturated carbocycles. The van der Waals surface area contributed by atoms with E-state index < -0.39 is 36.1 Å². The van der Waals surface area contributed by atoms with Crippen molar-refractivity contribution in [3.8, 4) is 0 Å². The highest BCUT2D eigenvalue weighted by Gasteiger charge is 2.19. The van der Waals surface area contributed by atoms with Gasteiger partial charge in [-0.25, -0.2) is 18.0 Å². The Hall–Kier alpha value is -1.76. The second-order valence-electron chi connectivity index (χ2n) is 5.18. The van der Waals surface area contributed by atoms with Gasteiger partial charge in [0.1, 0.15) is 0 Å². The number of urea groups is 1. The second-order valence-corrected chi connectivity index (χ2v) is 5.18. The maximum absolute atomic E-state index is 13.2. The molecule has 2 atom stereocenters. The predicted molar refractivity (Wildman–Crippen MR) is 72.1 cm³/mol. The van der Waals surface area contributed by atoms with E-state index in [1.54, 1.807) is 6.92 Å². The molecular formula is C14H19F3N2O2. The number of carbonyl (C=O) groups is 1. The molecule has 3 N–H and O–H groups in total. The quantitative estimate of drug-likeness (QED) is 0.732. The topological polar surface area (TPSA) is 61.4 Å². The van der Waals surface area contributed by atoms with Gasteiger partial charge >= 0.3 is 6.03 Å². The van der Waals surface area contributed by atoms with Gasteiger partial charge in [0.15, 0.2) is 17.5 Å². The molecule has 0 radical (unpaired) electrons. The van der Waals surface area contributed by atoms with Crippen LogP contribution in [0.3, 0.4) is 0 Å². The number of aliphatic hydroxyl groups excluding tert-OH is 1. The third-order valence-electron chi connectivity index (χ3n) is 3.26. The summed E-state index contributed by atoms with van der Waals surface area (Å²) in [7, 11) is 0. The van der Waals surface area contributed by atoms with Crippen molar-refractivity contribution in [2.75, 3.05) is 6.61 Å². The lowest BCUT2D eigenvalue weighted by Crippen LogP contribution is -2.45. The monoisotopic (exact) mass is 304 g/mol. The molecule has 2 amide bonds. The van der Waals surface area contributed by atoms with E-state index in [9.17, 15) is 23.1 Å². The Labute approximate surface area is 121 Å². The van der Waals surface area contributed by atoms with Crippen molar-refractivity contribution >= 4 is 6.03 Å². The molecule has 0 aliphatic heterocycles. The molecule has 0 spiro atoms. The van der Waals surface area contributed by atoms with E-state index in [1.807, 2.05) is 13.8 Å². The van der Waals surface area contributed by atoms with Crippen molar-refractivity contribution < 1.29 is 23.1 Å². The molecule has 0 aliphatic rings. The summed E-state index contributed by atoms with van der Waals surface area (Å²) < 4.78 is 39.2. The number of hydrogen-bond donors (Lipinski definition) is 3. The van der Waals surface area contributed by atoms with Gasteiger partial charge in [0.25, 0.3) is 0 Å². The summed E-state index contributed by atoms with van der Waals surface area (Å²) in [6.45, 7) is 5.06. The van der Waals surface area contributed by atoms with Gasteiger partial charge in [-0.3, -0.25) is 0 Å². The fourth-order valence-electron chi connectivity index (χ4n) is 1.58. The van der Waals surface area contributed by atoms with Gasteiger partial charge in [0.05, 0.1) is 12.6 Å². The number of benzene rings is 1. The third-order valence-corrected chi connectivity index (χ3v) is 3.26.